The molecule has 0 unspecified atom stereocenters. The molecule has 0 aliphatic heterocycles. The second-order valence-electron chi connectivity index (χ2n) is 3.72. The number of rotatable bonds is 4. The number of nitrogens with one attached hydrogen (secondary N) is 1. The Morgan fingerprint density at radius 1 is 1.50 bits per heavy atom. The van der Waals surface area contributed by atoms with Crippen molar-refractivity contribution in [3.63, 3.8) is 0 Å². The molecule has 94 valence electrons. The van der Waals surface area contributed by atoms with Gasteiger partial charge in [0.1, 0.15) is 0 Å². The molecule has 6 nitrogen and oxygen atoms in total. The van der Waals surface area contributed by atoms with E-state index in [1.54, 1.807) is 16.9 Å². The molecular weight excluding hydrogens is 256 g/mol. The van der Waals surface area contributed by atoms with Crippen LogP contribution < -0.4 is 5.32 Å². The Hall–Kier alpha value is -2.08. The first kappa shape index (κ1) is 12.4. The predicted molar refractivity (Wildman–Crippen MR) is 68.6 cm³/mol. The fourth-order valence-corrected chi connectivity index (χ4v) is 1.76. The van der Waals surface area contributed by atoms with Crippen molar-refractivity contribution in [3.8, 4) is 0 Å². The van der Waals surface area contributed by atoms with E-state index < -0.39 is 4.92 Å². The summed E-state index contributed by atoms with van der Waals surface area (Å²) in [5.41, 5.74) is 1.62. The summed E-state index contributed by atoms with van der Waals surface area (Å²) in [6.45, 7) is 0.550. The van der Waals surface area contributed by atoms with E-state index >= 15 is 0 Å². The third-order valence-corrected chi connectivity index (χ3v) is 2.86. The van der Waals surface area contributed by atoms with Gasteiger partial charge in [-0.3, -0.25) is 14.8 Å². The number of aryl methyl sites for hydroxylation is 1. The van der Waals surface area contributed by atoms with Crippen LogP contribution in [0.15, 0.2) is 30.5 Å². The molecule has 1 N–H and O–H groups in total. The number of hydrogen-bond acceptors (Lipinski definition) is 4. The molecule has 0 aliphatic carbocycles. The van der Waals surface area contributed by atoms with E-state index in [0.717, 1.165) is 5.69 Å². The fraction of sp³-hybridized carbons (Fsp3) is 0.182. The summed E-state index contributed by atoms with van der Waals surface area (Å²) >= 11 is 5.96. The molecule has 0 saturated carbocycles. The summed E-state index contributed by atoms with van der Waals surface area (Å²) in [5.74, 6) is 0. The molecule has 0 spiro atoms. The topological polar surface area (TPSA) is 73.0 Å². The summed E-state index contributed by atoms with van der Waals surface area (Å²) in [6.07, 6.45) is 1.70. The third-order valence-electron chi connectivity index (χ3n) is 2.55. The molecule has 0 bridgehead atoms. The van der Waals surface area contributed by atoms with E-state index in [9.17, 15) is 10.1 Å². The van der Waals surface area contributed by atoms with Gasteiger partial charge in [-0.15, -0.1) is 0 Å². The van der Waals surface area contributed by atoms with Gasteiger partial charge in [0.05, 0.1) is 27.9 Å². The zero-order chi connectivity index (χ0) is 13.1. The molecule has 0 radical (unpaired) electrons. The minimum atomic E-state index is -0.475. The monoisotopic (exact) mass is 266 g/mol. The van der Waals surface area contributed by atoms with Crippen LogP contribution in [0.2, 0.25) is 5.02 Å². The van der Waals surface area contributed by atoms with Crippen LogP contribution >= 0.6 is 11.6 Å². The van der Waals surface area contributed by atoms with Gasteiger partial charge in [-0.05, 0) is 12.1 Å². The molecule has 1 heterocycles. The van der Waals surface area contributed by atoms with Crippen LogP contribution in [0.1, 0.15) is 5.69 Å². The molecule has 2 aromatic rings. The molecular formula is C11H11ClN4O2. The van der Waals surface area contributed by atoms with Crippen LogP contribution in [0.5, 0.6) is 0 Å². The Labute approximate surface area is 108 Å². The SMILES string of the molecule is Cn1nccc1CNc1ccc([N+](=O)[O-])cc1Cl. The lowest BCUT2D eigenvalue weighted by atomic mass is 10.2. The molecule has 0 aliphatic rings. The quantitative estimate of drug-likeness (QED) is 0.682. The predicted octanol–water partition coefficient (Wildman–Crippen LogP) is 2.59. The van der Waals surface area contributed by atoms with Crippen molar-refractivity contribution >= 4 is 23.0 Å². The van der Waals surface area contributed by atoms with Gasteiger partial charge in [0.2, 0.25) is 0 Å². The molecule has 2 rings (SSSR count). The maximum atomic E-state index is 10.6. The lowest BCUT2D eigenvalue weighted by molar-refractivity contribution is -0.384. The van der Waals surface area contributed by atoms with Crippen LogP contribution in [-0.2, 0) is 13.6 Å². The number of anilines is 1. The normalized spacial score (nSPS) is 10.3. The first-order valence-corrected chi connectivity index (χ1v) is 5.60. The second kappa shape index (κ2) is 5.05. The number of nitro groups is 1. The average molecular weight is 267 g/mol. The van der Waals surface area contributed by atoms with Gasteiger partial charge in [-0.25, -0.2) is 0 Å². The van der Waals surface area contributed by atoms with Gasteiger partial charge < -0.3 is 5.32 Å². The minimum Gasteiger partial charge on any atom is -0.378 e. The molecule has 18 heavy (non-hydrogen) atoms. The third kappa shape index (κ3) is 2.60. The van der Waals surface area contributed by atoms with E-state index in [2.05, 4.69) is 10.4 Å². The largest absolute Gasteiger partial charge is 0.378 e. The number of non-ortho nitro benzene ring substituents is 1. The van der Waals surface area contributed by atoms with Gasteiger partial charge >= 0.3 is 0 Å². The molecule has 0 amide bonds. The molecule has 1 aromatic carbocycles. The summed E-state index contributed by atoms with van der Waals surface area (Å²) in [4.78, 5) is 10.1. The fourth-order valence-electron chi connectivity index (χ4n) is 1.52. The molecule has 7 heteroatoms. The van der Waals surface area contributed by atoms with E-state index in [0.29, 0.717) is 17.3 Å². The number of benzene rings is 1. The summed E-state index contributed by atoms with van der Waals surface area (Å²) in [5, 5.41) is 18.0. The van der Waals surface area contributed by atoms with Crippen LogP contribution in [0.4, 0.5) is 11.4 Å². The van der Waals surface area contributed by atoms with E-state index in [1.807, 2.05) is 13.1 Å². The summed E-state index contributed by atoms with van der Waals surface area (Å²) in [6, 6.07) is 6.22. The zero-order valence-corrected chi connectivity index (χ0v) is 10.4. The van der Waals surface area contributed by atoms with E-state index in [4.69, 9.17) is 11.6 Å². The number of nitro benzene ring substituents is 1. The Morgan fingerprint density at radius 2 is 2.28 bits per heavy atom. The second-order valence-corrected chi connectivity index (χ2v) is 4.13. The molecule has 1 aromatic heterocycles. The van der Waals surface area contributed by atoms with Crippen LogP contribution in [-0.4, -0.2) is 14.7 Å². The highest BCUT2D eigenvalue weighted by Crippen LogP contribution is 2.26. The number of nitrogens with zero attached hydrogens (tertiary/aromatic N) is 3. The molecule has 0 fully saturated rings. The van der Waals surface area contributed by atoms with Crippen molar-refractivity contribution < 1.29 is 4.92 Å². The van der Waals surface area contributed by atoms with Gasteiger partial charge in [0, 0.05) is 25.4 Å². The highest BCUT2D eigenvalue weighted by atomic mass is 35.5. The Morgan fingerprint density at radius 3 is 2.83 bits per heavy atom. The van der Waals surface area contributed by atoms with E-state index in [-0.39, 0.29) is 5.69 Å². The Kier molecular flexibility index (Phi) is 3.47. The van der Waals surface area contributed by atoms with Crippen molar-refractivity contribution in [1.82, 2.24) is 9.78 Å². The maximum Gasteiger partial charge on any atom is 0.271 e. The Bertz CT molecular complexity index is 582. The lowest BCUT2D eigenvalue weighted by Crippen LogP contribution is -2.05. The number of aromatic nitrogens is 2. The number of halogens is 1. The van der Waals surface area contributed by atoms with Crippen LogP contribution in [0, 0.1) is 10.1 Å². The lowest BCUT2D eigenvalue weighted by Gasteiger charge is -2.08. The highest BCUT2D eigenvalue weighted by molar-refractivity contribution is 6.33. The first-order valence-electron chi connectivity index (χ1n) is 5.22. The van der Waals surface area contributed by atoms with Crippen LogP contribution in [0.3, 0.4) is 0 Å². The number of hydrogen-bond donors (Lipinski definition) is 1. The summed E-state index contributed by atoms with van der Waals surface area (Å²) < 4.78 is 1.74. The van der Waals surface area contributed by atoms with E-state index in [1.165, 1.54) is 12.1 Å². The van der Waals surface area contributed by atoms with Crippen molar-refractivity contribution in [2.24, 2.45) is 7.05 Å². The van der Waals surface area contributed by atoms with Crippen molar-refractivity contribution in [1.29, 1.82) is 0 Å². The first-order chi connectivity index (χ1) is 8.58. The minimum absolute atomic E-state index is 0.0221. The van der Waals surface area contributed by atoms with Crippen molar-refractivity contribution in [3.05, 3.63) is 51.3 Å². The highest BCUT2D eigenvalue weighted by Gasteiger charge is 2.09. The van der Waals surface area contributed by atoms with Gasteiger partial charge in [0.15, 0.2) is 0 Å². The standard InChI is InChI=1S/C11H11ClN4O2/c1-15-9(4-5-14-15)7-13-11-3-2-8(16(17)18)6-10(11)12/h2-6,13H,7H2,1H3. The molecule has 0 atom stereocenters. The van der Waals surface area contributed by atoms with Crippen molar-refractivity contribution in [2.45, 2.75) is 6.54 Å². The summed E-state index contributed by atoms with van der Waals surface area (Å²) in [7, 11) is 1.84. The smallest absolute Gasteiger partial charge is 0.271 e. The zero-order valence-electron chi connectivity index (χ0n) is 9.63. The van der Waals surface area contributed by atoms with Gasteiger partial charge in [-0.1, -0.05) is 11.6 Å². The Balaban J connectivity index is 2.11. The van der Waals surface area contributed by atoms with Crippen molar-refractivity contribution in [2.75, 3.05) is 5.32 Å². The average Bonchev–Trinajstić information content (AvgIpc) is 2.73. The maximum absolute atomic E-state index is 10.6. The van der Waals surface area contributed by atoms with Gasteiger partial charge in [0.25, 0.3) is 5.69 Å². The molecule has 0 saturated heterocycles. The van der Waals surface area contributed by atoms with Gasteiger partial charge in [-0.2, -0.15) is 5.10 Å². The van der Waals surface area contributed by atoms with Crippen LogP contribution in [0.25, 0.3) is 0 Å².